The Hall–Kier alpha value is -1.07. The van der Waals surface area contributed by atoms with Crippen molar-refractivity contribution in [1.82, 2.24) is 4.90 Å². The van der Waals surface area contributed by atoms with Gasteiger partial charge in [0.2, 0.25) is 0 Å². The third kappa shape index (κ3) is 3.96. The first-order chi connectivity index (χ1) is 9.58. The highest BCUT2D eigenvalue weighted by molar-refractivity contribution is 7.14. The number of hydrogen-bond donors (Lipinski definition) is 1. The van der Waals surface area contributed by atoms with E-state index >= 15 is 0 Å². The van der Waals surface area contributed by atoms with E-state index in [-0.39, 0.29) is 0 Å². The normalized spacial score (nSPS) is 16.6. The van der Waals surface area contributed by atoms with Gasteiger partial charge < -0.3 is 9.84 Å². The van der Waals surface area contributed by atoms with E-state index in [2.05, 4.69) is 18.7 Å². The van der Waals surface area contributed by atoms with Crippen molar-refractivity contribution < 1.29 is 14.6 Å². The number of aromatic carboxylic acids is 1. The summed E-state index contributed by atoms with van der Waals surface area (Å²) in [6.07, 6.45) is 3.84. The lowest BCUT2D eigenvalue weighted by Gasteiger charge is -2.26. The van der Waals surface area contributed by atoms with Gasteiger partial charge >= 0.3 is 5.97 Å². The molecular weight excluding hydrogens is 274 g/mol. The number of piperidine rings is 1. The highest BCUT2D eigenvalue weighted by Gasteiger charge is 2.18. The van der Waals surface area contributed by atoms with E-state index in [1.807, 2.05) is 6.07 Å². The van der Waals surface area contributed by atoms with Crippen LogP contribution in [0, 0.1) is 0 Å². The molecule has 0 unspecified atom stereocenters. The van der Waals surface area contributed by atoms with Crippen LogP contribution in [-0.2, 0) is 0 Å². The summed E-state index contributed by atoms with van der Waals surface area (Å²) in [6, 6.07) is 1.88. The standard InChI is InChI=1S/C15H23NO3S/c1-11(2)13-10-12(14(20-13)15(17)18)19-9-8-16-6-4-3-5-7-16/h10-11H,3-9H2,1-2H3,(H,17,18). The molecule has 0 aromatic carbocycles. The Kier molecular flexibility index (Phi) is 5.43. The second kappa shape index (κ2) is 7.09. The lowest BCUT2D eigenvalue weighted by molar-refractivity contribution is 0.0697. The third-order valence-electron chi connectivity index (χ3n) is 3.59. The van der Waals surface area contributed by atoms with Crippen molar-refractivity contribution in [2.75, 3.05) is 26.2 Å². The Morgan fingerprint density at radius 3 is 2.70 bits per heavy atom. The molecule has 0 saturated carbocycles. The first-order valence-corrected chi connectivity index (χ1v) is 8.11. The molecule has 1 aromatic rings. The average molecular weight is 297 g/mol. The number of ether oxygens (including phenoxy) is 1. The van der Waals surface area contributed by atoms with Gasteiger partial charge in [0.1, 0.15) is 12.4 Å². The fourth-order valence-electron chi connectivity index (χ4n) is 2.40. The van der Waals surface area contributed by atoms with Gasteiger partial charge in [0.05, 0.1) is 0 Å². The smallest absolute Gasteiger partial charge is 0.349 e. The van der Waals surface area contributed by atoms with Gasteiger partial charge in [0.25, 0.3) is 0 Å². The van der Waals surface area contributed by atoms with Crippen molar-refractivity contribution in [2.45, 2.75) is 39.0 Å². The summed E-state index contributed by atoms with van der Waals surface area (Å²) in [6.45, 7) is 7.84. The zero-order valence-electron chi connectivity index (χ0n) is 12.2. The maximum Gasteiger partial charge on any atom is 0.349 e. The summed E-state index contributed by atoms with van der Waals surface area (Å²) in [4.78, 5) is 15.0. The topological polar surface area (TPSA) is 49.8 Å². The average Bonchev–Trinajstić information content (AvgIpc) is 2.84. The zero-order chi connectivity index (χ0) is 14.5. The molecule has 1 saturated heterocycles. The lowest BCUT2D eigenvalue weighted by Crippen LogP contribution is -2.33. The van der Waals surface area contributed by atoms with Crippen LogP contribution < -0.4 is 4.74 Å². The number of carbonyl (C=O) groups is 1. The van der Waals surface area contributed by atoms with E-state index in [1.165, 1.54) is 30.6 Å². The minimum atomic E-state index is -0.894. The highest BCUT2D eigenvalue weighted by Crippen LogP contribution is 2.33. The monoisotopic (exact) mass is 297 g/mol. The quantitative estimate of drug-likeness (QED) is 0.874. The number of carboxylic acid groups (broad SMARTS) is 1. The Labute approximate surface area is 124 Å². The molecule has 1 fully saturated rings. The molecule has 20 heavy (non-hydrogen) atoms. The Morgan fingerprint density at radius 1 is 1.40 bits per heavy atom. The Balaban J connectivity index is 1.92. The van der Waals surface area contributed by atoms with Crippen LogP contribution in [0.25, 0.3) is 0 Å². The van der Waals surface area contributed by atoms with Crippen LogP contribution in [0.2, 0.25) is 0 Å². The van der Waals surface area contributed by atoms with Crippen molar-refractivity contribution in [3.63, 3.8) is 0 Å². The molecule has 4 nitrogen and oxygen atoms in total. The molecule has 0 amide bonds. The van der Waals surface area contributed by atoms with Crippen molar-refractivity contribution >= 4 is 17.3 Å². The predicted octanol–water partition coefficient (Wildman–Crippen LogP) is 3.43. The fraction of sp³-hybridized carbons (Fsp3) is 0.667. The molecule has 1 aliphatic heterocycles. The summed E-state index contributed by atoms with van der Waals surface area (Å²) in [5, 5.41) is 9.23. The van der Waals surface area contributed by atoms with Crippen molar-refractivity contribution in [3.05, 3.63) is 15.8 Å². The largest absolute Gasteiger partial charge is 0.490 e. The van der Waals surface area contributed by atoms with E-state index < -0.39 is 5.97 Å². The van der Waals surface area contributed by atoms with Crippen LogP contribution in [-0.4, -0.2) is 42.2 Å². The van der Waals surface area contributed by atoms with Gasteiger partial charge in [-0.1, -0.05) is 20.3 Å². The summed E-state index contributed by atoms with van der Waals surface area (Å²) >= 11 is 1.32. The predicted molar refractivity (Wildman–Crippen MR) is 81.2 cm³/mol. The van der Waals surface area contributed by atoms with Crippen LogP contribution >= 0.6 is 11.3 Å². The molecular formula is C15H23NO3S. The highest BCUT2D eigenvalue weighted by atomic mass is 32.1. The number of thiophene rings is 1. The fourth-order valence-corrected chi connectivity index (χ4v) is 3.34. The molecule has 112 valence electrons. The Bertz CT molecular complexity index is 450. The first-order valence-electron chi connectivity index (χ1n) is 7.30. The van der Waals surface area contributed by atoms with Crippen molar-refractivity contribution in [1.29, 1.82) is 0 Å². The molecule has 0 spiro atoms. The molecule has 2 heterocycles. The van der Waals surface area contributed by atoms with Gasteiger partial charge in [-0.15, -0.1) is 11.3 Å². The molecule has 0 radical (unpaired) electrons. The maximum absolute atomic E-state index is 11.2. The van der Waals surface area contributed by atoms with Crippen LogP contribution in [0.5, 0.6) is 5.75 Å². The van der Waals surface area contributed by atoms with Crippen molar-refractivity contribution in [2.24, 2.45) is 0 Å². The maximum atomic E-state index is 11.2. The number of carboxylic acids is 1. The number of likely N-dealkylation sites (tertiary alicyclic amines) is 1. The van der Waals surface area contributed by atoms with E-state index in [9.17, 15) is 9.90 Å². The van der Waals surface area contributed by atoms with Crippen LogP contribution in [0.15, 0.2) is 6.07 Å². The SMILES string of the molecule is CC(C)c1cc(OCCN2CCCCC2)c(C(=O)O)s1. The number of nitrogens with zero attached hydrogens (tertiary/aromatic N) is 1. The summed E-state index contributed by atoms with van der Waals surface area (Å²) in [5.41, 5.74) is 0. The van der Waals surface area contributed by atoms with Gasteiger partial charge in [-0.3, -0.25) is 4.90 Å². The molecule has 0 atom stereocenters. The Morgan fingerprint density at radius 2 is 2.10 bits per heavy atom. The first kappa shape index (κ1) is 15.3. The minimum absolute atomic E-state index is 0.326. The van der Waals surface area contributed by atoms with Gasteiger partial charge in [-0.2, -0.15) is 0 Å². The summed E-state index contributed by atoms with van der Waals surface area (Å²) in [7, 11) is 0. The van der Waals surface area contributed by atoms with Crippen LogP contribution in [0.4, 0.5) is 0 Å². The molecule has 5 heteroatoms. The third-order valence-corrected chi connectivity index (χ3v) is 5.00. The molecule has 0 bridgehead atoms. The van der Waals surface area contributed by atoms with Crippen LogP contribution in [0.3, 0.4) is 0 Å². The van der Waals surface area contributed by atoms with Crippen molar-refractivity contribution in [3.8, 4) is 5.75 Å². The summed E-state index contributed by atoms with van der Waals surface area (Å²) in [5.74, 6) is -0.0318. The van der Waals surface area contributed by atoms with Crippen LogP contribution in [0.1, 0.15) is 53.6 Å². The second-order valence-electron chi connectivity index (χ2n) is 5.55. The minimum Gasteiger partial charge on any atom is -0.490 e. The van der Waals surface area contributed by atoms with E-state index in [0.29, 0.717) is 23.2 Å². The van der Waals surface area contributed by atoms with Gasteiger partial charge in [-0.05, 0) is 37.9 Å². The molecule has 2 rings (SSSR count). The van der Waals surface area contributed by atoms with Gasteiger partial charge in [-0.25, -0.2) is 4.79 Å². The van der Waals surface area contributed by atoms with E-state index in [1.54, 1.807) is 0 Å². The van der Waals surface area contributed by atoms with E-state index in [0.717, 1.165) is 24.5 Å². The summed E-state index contributed by atoms with van der Waals surface area (Å²) < 4.78 is 5.72. The van der Waals surface area contributed by atoms with Gasteiger partial charge in [0.15, 0.2) is 4.88 Å². The number of hydrogen-bond acceptors (Lipinski definition) is 4. The van der Waals surface area contributed by atoms with Gasteiger partial charge in [0, 0.05) is 11.4 Å². The van der Waals surface area contributed by atoms with E-state index in [4.69, 9.17) is 4.74 Å². The molecule has 1 N–H and O–H groups in total. The molecule has 0 aliphatic carbocycles. The molecule has 1 aliphatic rings. The number of rotatable bonds is 6. The lowest BCUT2D eigenvalue weighted by atomic mass is 10.1. The molecule has 1 aromatic heterocycles. The zero-order valence-corrected chi connectivity index (χ0v) is 13.0. The second-order valence-corrected chi connectivity index (χ2v) is 6.64.